The maximum atomic E-state index is 5.78. The van der Waals surface area contributed by atoms with Gasteiger partial charge in [-0.15, -0.1) is 22.7 Å². The van der Waals surface area contributed by atoms with Gasteiger partial charge in [0.25, 0.3) is 0 Å². The lowest BCUT2D eigenvalue weighted by molar-refractivity contribution is 0.782. The van der Waals surface area contributed by atoms with Gasteiger partial charge in [0, 0.05) is 23.8 Å². The zero-order valence-electron chi connectivity index (χ0n) is 9.25. The molecule has 0 aliphatic rings. The smallest absolute Gasteiger partial charge is 0.185 e. The molecule has 0 spiro atoms. The van der Waals surface area contributed by atoms with Crippen LogP contribution >= 0.6 is 22.7 Å². The number of anilines is 1. The summed E-state index contributed by atoms with van der Waals surface area (Å²) in [4.78, 5) is 10.8. The second kappa shape index (κ2) is 4.90. The number of nitrogens with two attached hydrogens (primary N) is 1. The molecule has 6 heteroatoms. The van der Waals surface area contributed by atoms with Gasteiger partial charge in [0.15, 0.2) is 5.13 Å². The Kier molecular flexibility index (Phi) is 3.52. The molecule has 0 aliphatic carbocycles. The Morgan fingerprint density at radius 2 is 2.31 bits per heavy atom. The summed E-state index contributed by atoms with van der Waals surface area (Å²) in [5.41, 5.74) is 9.65. The van der Waals surface area contributed by atoms with Crippen molar-refractivity contribution in [3.8, 4) is 0 Å². The second-order valence-corrected chi connectivity index (χ2v) is 5.23. The van der Waals surface area contributed by atoms with Crippen LogP contribution in [-0.4, -0.2) is 17.0 Å². The van der Waals surface area contributed by atoms with E-state index in [0.717, 1.165) is 23.1 Å². The third-order valence-electron chi connectivity index (χ3n) is 2.19. The van der Waals surface area contributed by atoms with Crippen LogP contribution in [0.15, 0.2) is 16.3 Å². The monoisotopic (exact) mass is 254 g/mol. The summed E-state index contributed by atoms with van der Waals surface area (Å²) in [6.45, 7) is 2.73. The average Bonchev–Trinajstić information content (AvgIpc) is 2.86. The van der Waals surface area contributed by atoms with Gasteiger partial charge in [-0.2, -0.15) is 0 Å². The Balaban J connectivity index is 2.06. The third-order valence-corrected chi connectivity index (χ3v) is 3.79. The molecule has 16 heavy (non-hydrogen) atoms. The van der Waals surface area contributed by atoms with Crippen LogP contribution in [0.4, 0.5) is 5.13 Å². The normalized spacial score (nSPS) is 12.7. The number of thiazole rings is 2. The molecule has 2 rings (SSSR count). The average molecular weight is 254 g/mol. The van der Waals surface area contributed by atoms with Gasteiger partial charge in [-0.3, -0.25) is 0 Å². The van der Waals surface area contributed by atoms with E-state index >= 15 is 0 Å². The summed E-state index contributed by atoms with van der Waals surface area (Å²) in [5.74, 6) is 0. The minimum absolute atomic E-state index is 0.00216. The van der Waals surface area contributed by atoms with Gasteiger partial charge >= 0.3 is 0 Å². The summed E-state index contributed by atoms with van der Waals surface area (Å²) in [7, 11) is 2.02. The van der Waals surface area contributed by atoms with Crippen LogP contribution in [0.2, 0.25) is 0 Å². The van der Waals surface area contributed by atoms with Crippen molar-refractivity contribution in [3.05, 3.63) is 27.7 Å². The van der Waals surface area contributed by atoms with E-state index in [0.29, 0.717) is 0 Å². The fraction of sp³-hybridized carbons (Fsp3) is 0.400. The van der Waals surface area contributed by atoms with Crippen LogP contribution in [0, 0.1) is 0 Å². The Morgan fingerprint density at radius 1 is 1.50 bits per heavy atom. The molecule has 0 radical (unpaired) electrons. The lowest BCUT2D eigenvalue weighted by atomic mass is 10.3. The highest BCUT2D eigenvalue weighted by molar-refractivity contribution is 7.13. The van der Waals surface area contributed by atoms with Crippen molar-refractivity contribution < 1.29 is 0 Å². The summed E-state index contributed by atoms with van der Waals surface area (Å²) < 4.78 is 0. The van der Waals surface area contributed by atoms with E-state index in [1.165, 1.54) is 0 Å². The molecule has 2 N–H and O–H groups in total. The topological polar surface area (TPSA) is 55.0 Å². The minimum atomic E-state index is -0.00216. The highest BCUT2D eigenvalue weighted by atomic mass is 32.1. The minimum Gasteiger partial charge on any atom is -0.345 e. The molecule has 0 amide bonds. The molecule has 2 heterocycles. The van der Waals surface area contributed by atoms with Gasteiger partial charge in [-0.25, -0.2) is 9.97 Å². The SMILES string of the molecule is CC(N)c1csc(N(C)Cc2cscn2)n1. The first-order chi connectivity index (χ1) is 7.66. The summed E-state index contributed by atoms with van der Waals surface area (Å²) in [6, 6.07) is -0.00216. The van der Waals surface area contributed by atoms with E-state index in [-0.39, 0.29) is 6.04 Å². The van der Waals surface area contributed by atoms with E-state index in [9.17, 15) is 0 Å². The molecule has 86 valence electrons. The Hall–Kier alpha value is -0.980. The quantitative estimate of drug-likeness (QED) is 0.909. The lowest BCUT2D eigenvalue weighted by Crippen LogP contribution is -2.16. The largest absolute Gasteiger partial charge is 0.345 e. The van der Waals surface area contributed by atoms with E-state index in [1.54, 1.807) is 22.7 Å². The van der Waals surface area contributed by atoms with Crippen LogP contribution < -0.4 is 10.6 Å². The van der Waals surface area contributed by atoms with Gasteiger partial charge < -0.3 is 10.6 Å². The van der Waals surface area contributed by atoms with E-state index in [1.807, 2.05) is 24.9 Å². The number of rotatable bonds is 4. The molecule has 2 aromatic rings. The molecule has 0 aromatic carbocycles. The van der Waals surface area contributed by atoms with Crippen molar-refractivity contribution in [1.29, 1.82) is 0 Å². The van der Waals surface area contributed by atoms with E-state index in [2.05, 4.69) is 20.2 Å². The zero-order valence-corrected chi connectivity index (χ0v) is 10.9. The van der Waals surface area contributed by atoms with E-state index < -0.39 is 0 Å². The summed E-state index contributed by atoms with van der Waals surface area (Å²) in [5, 5.41) is 5.05. The second-order valence-electron chi connectivity index (χ2n) is 3.68. The first-order valence-corrected chi connectivity index (χ1v) is 6.78. The molecule has 2 aromatic heterocycles. The number of hydrogen-bond donors (Lipinski definition) is 1. The third kappa shape index (κ3) is 2.58. The van der Waals surface area contributed by atoms with Crippen LogP contribution in [0.5, 0.6) is 0 Å². The Labute approximate surface area is 103 Å². The molecule has 0 saturated carbocycles. The molecule has 0 bridgehead atoms. The van der Waals surface area contributed by atoms with Gasteiger partial charge in [-0.05, 0) is 6.92 Å². The van der Waals surface area contributed by atoms with E-state index in [4.69, 9.17) is 5.73 Å². The predicted molar refractivity (Wildman–Crippen MR) is 68.9 cm³/mol. The first kappa shape index (κ1) is 11.5. The van der Waals surface area contributed by atoms with Gasteiger partial charge in [0.1, 0.15) is 0 Å². The fourth-order valence-electron chi connectivity index (χ4n) is 1.29. The van der Waals surface area contributed by atoms with Gasteiger partial charge in [-0.1, -0.05) is 0 Å². The van der Waals surface area contributed by atoms with Gasteiger partial charge in [0.2, 0.25) is 0 Å². The highest BCUT2D eigenvalue weighted by Crippen LogP contribution is 2.23. The molecule has 1 unspecified atom stereocenters. The van der Waals surface area contributed by atoms with Crippen LogP contribution in [0.1, 0.15) is 24.4 Å². The zero-order chi connectivity index (χ0) is 11.5. The Morgan fingerprint density at radius 3 is 2.88 bits per heavy atom. The lowest BCUT2D eigenvalue weighted by Gasteiger charge is -2.13. The van der Waals surface area contributed by atoms with Crippen molar-refractivity contribution in [1.82, 2.24) is 9.97 Å². The van der Waals surface area contributed by atoms with Crippen molar-refractivity contribution >= 4 is 27.8 Å². The Bertz CT molecular complexity index is 435. The molecular weight excluding hydrogens is 240 g/mol. The highest BCUT2D eigenvalue weighted by Gasteiger charge is 2.10. The standard InChI is InChI=1S/C10H14N4S2/c1-7(11)9-5-16-10(13-9)14(2)3-8-4-15-6-12-8/h4-7H,3,11H2,1-2H3. The van der Waals surface area contributed by atoms with Crippen molar-refractivity contribution in [2.24, 2.45) is 5.73 Å². The molecule has 4 nitrogen and oxygen atoms in total. The molecule has 1 atom stereocenters. The summed E-state index contributed by atoms with van der Waals surface area (Å²) in [6.07, 6.45) is 0. The number of nitrogens with zero attached hydrogens (tertiary/aromatic N) is 3. The first-order valence-electron chi connectivity index (χ1n) is 4.96. The fourth-order valence-corrected chi connectivity index (χ4v) is 2.73. The van der Waals surface area contributed by atoms with Crippen LogP contribution in [-0.2, 0) is 6.54 Å². The molecule has 0 aliphatic heterocycles. The number of aromatic nitrogens is 2. The molecule has 0 saturated heterocycles. The van der Waals surface area contributed by atoms with Crippen molar-refractivity contribution in [2.75, 3.05) is 11.9 Å². The predicted octanol–water partition coefficient (Wildman–Crippen LogP) is 2.26. The van der Waals surface area contributed by atoms with Crippen molar-refractivity contribution in [2.45, 2.75) is 19.5 Å². The summed E-state index contributed by atoms with van der Waals surface area (Å²) >= 11 is 3.23. The van der Waals surface area contributed by atoms with Gasteiger partial charge in [0.05, 0.1) is 23.4 Å². The van der Waals surface area contributed by atoms with Crippen LogP contribution in [0.25, 0.3) is 0 Å². The van der Waals surface area contributed by atoms with Crippen molar-refractivity contribution in [3.63, 3.8) is 0 Å². The molecular formula is C10H14N4S2. The maximum Gasteiger partial charge on any atom is 0.185 e. The van der Waals surface area contributed by atoms with Crippen LogP contribution in [0.3, 0.4) is 0 Å². The molecule has 0 fully saturated rings. The number of hydrogen-bond acceptors (Lipinski definition) is 6. The maximum absolute atomic E-state index is 5.78.